The first-order valence-corrected chi connectivity index (χ1v) is 13.6. The van der Waals surface area contributed by atoms with Crippen LogP contribution in [0.3, 0.4) is 0 Å². The Hall–Kier alpha value is -2.10. The van der Waals surface area contributed by atoms with Gasteiger partial charge in [0.05, 0.1) is 29.2 Å². The molecule has 0 aromatic heterocycles. The molecule has 0 unspecified atom stereocenters. The highest BCUT2D eigenvalue weighted by Crippen LogP contribution is 2.36. The summed E-state index contributed by atoms with van der Waals surface area (Å²) in [6.07, 6.45) is 3.04. The number of nitrogens with zero attached hydrogens (tertiary/aromatic N) is 1. The largest absolute Gasteiger partial charge is 0.465 e. The van der Waals surface area contributed by atoms with Crippen LogP contribution in [0.2, 0.25) is 5.02 Å². The van der Waals surface area contributed by atoms with Gasteiger partial charge in [-0.05, 0) is 58.1 Å². The number of hydrogen-bond acceptors (Lipinski definition) is 7. The summed E-state index contributed by atoms with van der Waals surface area (Å²) in [7, 11) is 0. The lowest BCUT2D eigenvalue weighted by molar-refractivity contribution is -0.143. The van der Waals surface area contributed by atoms with Crippen LogP contribution in [-0.2, 0) is 28.7 Å². The number of carbonyl (C=O) groups excluding carboxylic acids is 4. The van der Waals surface area contributed by atoms with E-state index in [1.165, 1.54) is 6.07 Å². The Bertz CT molecular complexity index is 1030. The number of ether oxygens (including phenoxy) is 2. The first-order chi connectivity index (χ1) is 17.1. The van der Waals surface area contributed by atoms with Crippen molar-refractivity contribution in [2.45, 2.75) is 70.3 Å². The lowest BCUT2D eigenvalue weighted by Gasteiger charge is -2.26. The summed E-state index contributed by atoms with van der Waals surface area (Å²) < 4.78 is 25.4. The second-order valence-electron chi connectivity index (χ2n) is 8.38. The number of halogens is 3. The van der Waals surface area contributed by atoms with E-state index in [1.807, 2.05) is 6.92 Å². The molecule has 2 amide bonds. The molecule has 0 N–H and O–H groups in total. The van der Waals surface area contributed by atoms with Gasteiger partial charge in [-0.25, -0.2) is 14.1 Å². The van der Waals surface area contributed by atoms with Crippen molar-refractivity contribution in [2.24, 2.45) is 0 Å². The van der Waals surface area contributed by atoms with Crippen molar-refractivity contribution >= 4 is 64.4 Å². The third-order valence-electron chi connectivity index (χ3n) is 5.23. The summed E-state index contributed by atoms with van der Waals surface area (Å²) in [5.74, 6) is -4.44. The van der Waals surface area contributed by atoms with Crippen LogP contribution in [-0.4, -0.2) is 48.1 Å². The molecule has 1 aliphatic rings. The zero-order valence-corrected chi connectivity index (χ0v) is 22.9. The number of carbonyl (C=O) groups is 4. The predicted molar refractivity (Wildman–Crippen MR) is 138 cm³/mol. The second-order valence-corrected chi connectivity index (χ2v) is 10.1. The summed E-state index contributed by atoms with van der Waals surface area (Å²) in [5.41, 5.74) is -0.105. The van der Waals surface area contributed by atoms with Gasteiger partial charge >= 0.3 is 11.9 Å². The summed E-state index contributed by atoms with van der Waals surface area (Å²) in [5, 5.41) is 0.00594. The molecule has 0 saturated heterocycles. The topological polar surface area (TPSA) is 90.0 Å². The van der Waals surface area contributed by atoms with Gasteiger partial charge in [0.2, 0.25) is 5.91 Å². The molecular weight excluding hydrogens is 532 g/mol. The van der Waals surface area contributed by atoms with Crippen molar-refractivity contribution < 1.29 is 33.0 Å². The van der Waals surface area contributed by atoms with Crippen LogP contribution in [0.1, 0.15) is 59.3 Å². The predicted octanol–water partition coefficient (Wildman–Crippen LogP) is 5.84. The Balaban J connectivity index is 2.42. The molecule has 0 atom stereocenters. The molecule has 0 fully saturated rings. The van der Waals surface area contributed by atoms with Gasteiger partial charge in [0.15, 0.2) is 0 Å². The van der Waals surface area contributed by atoms with Gasteiger partial charge in [0, 0.05) is 16.0 Å². The van der Waals surface area contributed by atoms with E-state index in [9.17, 15) is 19.2 Å². The van der Waals surface area contributed by atoms with Crippen LogP contribution >= 0.6 is 35.0 Å². The monoisotopic (exact) mass is 561 g/mol. The lowest BCUT2D eigenvalue weighted by atomic mass is 9.90. The van der Waals surface area contributed by atoms with Crippen molar-refractivity contribution in [3.8, 4) is 0 Å². The van der Waals surface area contributed by atoms with E-state index in [0.717, 1.165) is 30.7 Å². The van der Waals surface area contributed by atoms with Crippen LogP contribution in [0, 0.1) is 5.82 Å². The van der Waals surface area contributed by atoms with Crippen LogP contribution in [0.25, 0.3) is 0 Å². The fourth-order valence-corrected chi connectivity index (χ4v) is 4.69. The van der Waals surface area contributed by atoms with Crippen LogP contribution in [0.15, 0.2) is 28.2 Å². The zero-order chi connectivity index (χ0) is 26.8. The number of hydrogen-bond donors (Lipinski definition) is 0. The summed E-state index contributed by atoms with van der Waals surface area (Å²) >= 11 is 12.9. The highest BCUT2D eigenvalue weighted by molar-refractivity contribution is 8.00. The SMILES string of the molecule is CCCCOC(=O)CSc1cc(N(C(=O)CCl)C(=O)C2=C(C(=O)OC(C)C)CCCC2)c(F)cc1Cl. The zero-order valence-electron chi connectivity index (χ0n) is 20.5. The standard InChI is InChI=1S/C25H30Cl2FNO6S/c1-4-5-10-34-23(31)14-36-21-12-20(19(28)11-18(21)27)29(22(30)13-26)24(32)16-8-6-7-9-17(16)25(33)35-15(2)3/h11-12,15H,4-10,13-14H2,1-3H3. The van der Waals surface area contributed by atoms with Gasteiger partial charge in [0.25, 0.3) is 5.91 Å². The molecule has 7 nitrogen and oxygen atoms in total. The van der Waals surface area contributed by atoms with Gasteiger partial charge in [0.1, 0.15) is 11.7 Å². The first-order valence-electron chi connectivity index (χ1n) is 11.7. The molecule has 0 heterocycles. The number of imide groups is 1. The van der Waals surface area contributed by atoms with E-state index < -0.39 is 41.6 Å². The Morgan fingerprint density at radius 2 is 1.81 bits per heavy atom. The fraction of sp³-hybridized carbons (Fsp3) is 0.520. The van der Waals surface area contributed by atoms with Crippen molar-refractivity contribution in [3.05, 3.63) is 34.1 Å². The van der Waals surface area contributed by atoms with Crippen molar-refractivity contribution in [1.29, 1.82) is 0 Å². The highest BCUT2D eigenvalue weighted by atomic mass is 35.5. The maximum absolute atomic E-state index is 15.1. The summed E-state index contributed by atoms with van der Waals surface area (Å²) in [4.78, 5) is 51.9. The van der Waals surface area contributed by atoms with Gasteiger partial charge in [-0.3, -0.25) is 14.4 Å². The minimum atomic E-state index is -0.926. The minimum absolute atomic E-state index is 0.00594. The highest BCUT2D eigenvalue weighted by Gasteiger charge is 2.33. The third kappa shape index (κ3) is 8.21. The third-order valence-corrected chi connectivity index (χ3v) is 6.91. The summed E-state index contributed by atoms with van der Waals surface area (Å²) in [6, 6.07) is 2.19. The molecule has 0 radical (unpaired) electrons. The van der Waals surface area contributed by atoms with E-state index in [4.69, 9.17) is 32.7 Å². The van der Waals surface area contributed by atoms with Crippen LogP contribution in [0.4, 0.5) is 10.1 Å². The quantitative estimate of drug-likeness (QED) is 0.145. The molecule has 0 bridgehead atoms. The van der Waals surface area contributed by atoms with Crippen molar-refractivity contribution in [3.63, 3.8) is 0 Å². The number of anilines is 1. The van der Waals surface area contributed by atoms with Crippen LogP contribution < -0.4 is 4.90 Å². The average Bonchev–Trinajstić information content (AvgIpc) is 2.84. The van der Waals surface area contributed by atoms with E-state index in [0.29, 0.717) is 30.8 Å². The van der Waals surface area contributed by atoms with Crippen LogP contribution in [0.5, 0.6) is 0 Å². The normalized spacial score (nSPS) is 13.5. The Morgan fingerprint density at radius 3 is 2.42 bits per heavy atom. The minimum Gasteiger partial charge on any atom is -0.465 e. The van der Waals surface area contributed by atoms with Crippen molar-refractivity contribution in [2.75, 3.05) is 23.1 Å². The Morgan fingerprint density at radius 1 is 1.14 bits per heavy atom. The number of esters is 2. The summed E-state index contributed by atoms with van der Waals surface area (Å²) in [6.45, 7) is 5.64. The molecule has 198 valence electrons. The maximum Gasteiger partial charge on any atom is 0.334 e. The number of unbranched alkanes of at least 4 members (excludes halogenated alkanes) is 1. The molecular formula is C25H30Cl2FNO6S. The van der Waals surface area contributed by atoms with Crippen molar-refractivity contribution in [1.82, 2.24) is 0 Å². The molecule has 1 aromatic carbocycles. The number of amides is 2. The fourth-order valence-electron chi connectivity index (χ4n) is 3.51. The molecule has 0 aliphatic heterocycles. The number of thioether (sulfide) groups is 1. The average molecular weight is 562 g/mol. The molecule has 0 saturated carbocycles. The number of benzene rings is 1. The first kappa shape index (κ1) is 30.1. The van der Waals surface area contributed by atoms with Gasteiger partial charge in [-0.1, -0.05) is 24.9 Å². The Labute approximate surface area is 224 Å². The van der Waals surface area contributed by atoms with E-state index in [-0.39, 0.29) is 38.9 Å². The second kappa shape index (κ2) is 14.6. The lowest BCUT2D eigenvalue weighted by Crippen LogP contribution is -2.40. The number of alkyl halides is 1. The molecule has 2 rings (SSSR count). The van der Waals surface area contributed by atoms with E-state index in [2.05, 4.69) is 0 Å². The molecule has 1 aromatic rings. The number of rotatable bonds is 11. The smallest absolute Gasteiger partial charge is 0.334 e. The van der Waals surface area contributed by atoms with E-state index >= 15 is 4.39 Å². The maximum atomic E-state index is 15.1. The molecule has 36 heavy (non-hydrogen) atoms. The van der Waals surface area contributed by atoms with E-state index in [1.54, 1.807) is 13.8 Å². The van der Waals surface area contributed by atoms with Gasteiger partial charge in [-0.15, -0.1) is 23.4 Å². The Kier molecular flexibility index (Phi) is 12.2. The molecule has 11 heteroatoms. The van der Waals surface area contributed by atoms with Gasteiger partial charge < -0.3 is 9.47 Å². The molecule has 0 spiro atoms. The van der Waals surface area contributed by atoms with Gasteiger partial charge in [-0.2, -0.15) is 0 Å². The molecule has 1 aliphatic carbocycles.